The Morgan fingerprint density at radius 3 is 2.76 bits per heavy atom. The summed E-state index contributed by atoms with van der Waals surface area (Å²) in [5.74, 6) is 0. The van der Waals surface area contributed by atoms with Crippen molar-refractivity contribution in [3.8, 4) is 11.1 Å². The summed E-state index contributed by atoms with van der Waals surface area (Å²) in [5, 5.41) is 13.8. The predicted octanol–water partition coefficient (Wildman–Crippen LogP) is 1.61. The zero-order valence-corrected chi connectivity index (χ0v) is 11.3. The van der Waals surface area contributed by atoms with Crippen molar-refractivity contribution in [2.24, 2.45) is 0 Å². The standard InChI is InChI=1S/C13H11N5O3/c1-7-10(9-4-3-5-14-6-9)13(19)17-12(15-7)11(18(20)21)8(2)16-17/h3-6,16H,1-2H3. The Labute approximate surface area is 118 Å². The highest BCUT2D eigenvalue weighted by molar-refractivity contribution is 5.69. The molecule has 0 amide bonds. The summed E-state index contributed by atoms with van der Waals surface area (Å²) >= 11 is 0. The summed E-state index contributed by atoms with van der Waals surface area (Å²) in [6.07, 6.45) is 3.16. The van der Waals surface area contributed by atoms with Gasteiger partial charge in [0.05, 0.1) is 16.2 Å². The Morgan fingerprint density at radius 1 is 1.38 bits per heavy atom. The predicted molar refractivity (Wildman–Crippen MR) is 75.2 cm³/mol. The molecule has 106 valence electrons. The SMILES string of the molecule is Cc1nc2c([N+](=O)[O-])c(C)[nH]n2c(=O)c1-c1cccnc1. The van der Waals surface area contributed by atoms with Crippen LogP contribution >= 0.6 is 0 Å². The second kappa shape index (κ2) is 4.51. The van der Waals surface area contributed by atoms with Gasteiger partial charge in [0.25, 0.3) is 5.56 Å². The van der Waals surface area contributed by atoms with E-state index in [1.165, 1.54) is 6.92 Å². The zero-order chi connectivity index (χ0) is 15.1. The number of nitrogens with zero attached hydrogens (tertiary/aromatic N) is 4. The van der Waals surface area contributed by atoms with Crippen LogP contribution in [0.1, 0.15) is 11.4 Å². The van der Waals surface area contributed by atoms with Crippen LogP contribution in [0.2, 0.25) is 0 Å². The minimum atomic E-state index is -0.545. The van der Waals surface area contributed by atoms with E-state index in [9.17, 15) is 14.9 Å². The first-order chi connectivity index (χ1) is 10.0. The minimum Gasteiger partial charge on any atom is -0.287 e. The molecule has 3 aromatic heterocycles. The van der Waals surface area contributed by atoms with Gasteiger partial charge in [-0.2, -0.15) is 4.52 Å². The lowest BCUT2D eigenvalue weighted by atomic mass is 10.1. The van der Waals surface area contributed by atoms with Gasteiger partial charge in [0.2, 0.25) is 5.65 Å². The molecule has 0 radical (unpaired) electrons. The van der Waals surface area contributed by atoms with Gasteiger partial charge in [0, 0.05) is 18.0 Å². The molecule has 0 aliphatic carbocycles. The zero-order valence-electron chi connectivity index (χ0n) is 11.3. The number of nitrogens with one attached hydrogen (secondary N) is 1. The highest BCUT2D eigenvalue weighted by Gasteiger charge is 2.24. The monoisotopic (exact) mass is 285 g/mol. The lowest BCUT2D eigenvalue weighted by molar-refractivity contribution is -0.383. The third-order valence-electron chi connectivity index (χ3n) is 3.24. The van der Waals surface area contributed by atoms with Crippen LogP contribution in [0.4, 0.5) is 5.69 Å². The number of aromatic amines is 1. The van der Waals surface area contributed by atoms with E-state index in [0.717, 1.165) is 4.52 Å². The summed E-state index contributed by atoms with van der Waals surface area (Å²) in [7, 11) is 0. The topological polar surface area (TPSA) is 106 Å². The molecule has 21 heavy (non-hydrogen) atoms. The van der Waals surface area contributed by atoms with Crippen LogP contribution < -0.4 is 5.56 Å². The summed E-state index contributed by atoms with van der Waals surface area (Å²) < 4.78 is 1.10. The molecule has 8 nitrogen and oxygen atoms in total. The maximum atomic E-state index is 12.6. The fourth-order valence-electron chi connectivity index (χ4n) is 2.34. The van der Waals surface area contributed by atoms with Gasteiger partial charge in [-0.15, -0.1) is 0 Å². The number of fused-ring (bicyclic) bond motifs is 1. The fraction of sp³-hybridized carbons (Fsp3) is 0.154. The molecule has 0 aliphatic heterocycles. The third kappa shape index (κ3) is 1.88. The molecule has 0 atom stereocenters. The van der Waals surface area contributed by atoms with E-state index in [4.69, 9.17) is 0 Å². The van der Waals surface area contributed by atoms with Gasteiger partial charge in [-0.3, -0.25) is 25.0 Å². The number of H-pyrrole nitrogens is 1. The van der Waals surface area contributed by atoms with E-state index < -0.39 is 4.92 Å². The molecule has 8 heteroatoms. The molecular weight excluding hydrogens is 274 g/mol. The van der Waals surface area contributed by atoms with Crippen LogP contribution in [0, 0.1) is 24.0 Å². The Kier molecular flexibility index (Phi) is 2.79. The van der Waals surface area contributed by atoms with Gasteiger partial charge >= 0.3 is 5.69 Å². The van der Waals surface area contributed by atoms with Crippen molar-refractivity contribution in [3.05, 3.63) is 56.4 Å². The molecule has 3 aromatic rings. The average Bonchev–Trinajstić information content (AvgIpc) is 2.76. The summed E-state index contributed by atoms with van der Waals surface area (Å²) in [4.78, 5) is 31.3. The quantitative estimate of drug-likeness (QED) is 0.568. The maximum Gasteiger partial charge on any atom is 0.333 e. The van der Waals surface area contributed by atoms with Gasteiger partial charge in [-0.25, -0.2) is 4.98 Å². The Bertz CT molecular complexity index is 911. The van der Waals surface area contributed by atoms with Gasteiger partial charge in [-0.1, -0.05) is 6.07 Å². The smallest absolute Gasteiger partial charge is 0.287 e. The minimum absolute atomic E-state index is 0.0210. The molecule has 0 aromatic carbocycles. The van der Waals surface area contributed by atoms with Crippen LogP contribution in [0.15, 0.2) is 29.3 Å². The van der Waals surface area contributed by atoms with Crippen molar-refractivity contribution >= 4 is 11.3 Å². The number of nitro groups is 1. The van der Waals surface area contributed by atoms with Gasteiger partial charge < -0.3 is 0 Å². The van der Waals surface area contributed by atoms with Crippen molar-refractivity contribution in [2.75, 3.05) is 0 Å². The van der Waals surface area contributed by atoms with Crippen molar-refractivity contribution in [2.45, 2.75) is 13.8 Å². The van der Waals surface area contributed by atoms with Crippen molar-refractivity contribution in [1.82, 2.24) is 19.6 Å². The van der Waals surface area contributed by atoms with Crippen LogP contribution in [0.5, 0.6) is 0 Å². The molecule has 0 bridgehead atoms. The van der Waals surface area contributed by atoms with Crippen molar-refractivity contribution in [3.63, 3.8) is 0 Å². The van der Waals surface area contributed by atoms with E-state index >= 15 is 0 Å². The molecule has 0 spiro atoms. The molecule has 0 saturated heterocycles. The average molecular weight is 285 g/mol. The number of aromatic nitrogens is 4. The number of hydrogen-bond acceptors (Lipinski definition) is 5. The first-order valence-electron chi connectivity index (χ1n) is 6.17. The Morgan fingerprint density at radius 2 is 2.14 bits per heavy atom. The largest absolute Gasteiger partial charge is 0.333 e. The molecule has 0 fully saturated rings. The summed E-state index contributed by atoms with van der Waals surface area (Å²) in [6, 6.07) is 3.46. The van der Waals surface area contributed by atoms with Crippen molar-refractivity contribution < 1.29 is 4.92 Å². The van der Waals surface area contributed by atoms with Crippen LogP contribution in [0.25, 0.3) is 16.8 Å². The molecule has 1 N–H and O–H groups in total. The summed E-state index contributed by atoms with van der Waals surface area (Å²) in [6.45, 7) is 3.18. The molecular formula is C13H11N5O3. The highest BCUT2D eigenvalue weighted by atomic mass is 16.6. The molecule has 0 aliphatic rings. The Balaban J connectivity index is 2.42. The van der Waals surface area contributed by atoms with E-state index in [1.807, 2.05) is 0 Å². The van der Waals surface area contributed by atoms with Gasteiger partial charge in [-0.05, 0) is 19.9 Å². The van der Waals surface area contributed by atoms with E-state index in [1.54, 1.807) is 31.5 Å². The number of pyridine rings is 1. The molecule has 3 heterocycles. The van der Waals surface area contributed by atoms with Crippen molar-refractivity contribution in [1.29, 1.82) is 0 Å². The first-order valence-corrected chi connectivity index (χ1v) is 6.17. The second-order valence-electron chi connectivity index (χ2n) is 4.62. The number of rotatable bonds is 2. The van der Waals surface area contributed by atoms with Gasteiger partial charge in [0.1, 0.15) is 5.69 Å². The Hall–Kier alpha value is -3.03. The lowest BCUT2D eigenvalue weighted by Crippen LogP contribution is -2.19. The number of aryl methyl sites for hydroxylation is 2. The summed E-state index contributed by atoms with van der Waals surface area (Å²) in [5.41, 5.74) is 1.15. The normalized spacial score (nSPS) is 11.0. The first kappa shape index (κ1) is 13.0. The third-order valence-corrected chi connectivity index (χ3v) is 3.24. The van der Waals surface area contributed by atoms with E-state index in [-0.39, 0.29) is 22.6 Å². The van der Waals surface area contributed by atoms with Crippen LogP contribution in [-0.2, 0) is 0 Å². The molecule has 0 unspecified atom stereocenters. The van der Waals surface area contributed by atoms with E-state index in [0.29, 0.717) is 16.8 Å². The lowest BCUT2D eigenvalue weighted by Gasteiger charge is -2.04. The molecule has 3 rings (SSSR count). The van der Waals surface area contributed by atoms with Crippen LogP contribution in [-0.4, -0.2) is 24.5 Å². The number of hydrogen-bond donors (Lipinski definition) is 1. The highest BCUT2D eigenvalue weighted by Crippen LogP contribution is 2.24. The molecule has 0 saturated carbocycles. The van der Waals surface area contributed by atoms with E-state index in [2.05, 4.69) is 15.1 Å². The fourth-order valence-corrected chi connectivity index (χ4v) is 2.34. The van der Waals surface area contributed by atoms with Gasteiger partial charge in [0.15, 0.2) is 0 Å². The second-order valence-corrected chi connectivity index (χ2v) is 4.62. The van der Waals surface area contributed by atoms with Crippen LogP contribution in [0.3, 0.4) is 0 Å². The maximum absolute atomic E-state index is 12.6.